The van der Waals surface area contributed by atoms with Crippen LogP contribution >= 0.6 is 11.6 Å². The number of urea groups is 1. The zero-order valence-electron chi connectivity index (χ0n) is 18.4. The molecule has 1 N–H and O–H groups in total. The van der Waals surface area contributed by atoms with E-state index in [2.05, 4.69) is 20.1 Å². The van der Waals surface area contributed by atoms with Crippen molar-refractivity contribution in [2.75, 3.05) is 31.1 Å². The van der Waals surface area contributed by atoms with E-state index < -0.39 is 22.9 Å². The Kier molecular flexibility index (Phi) is 6.16. The number of rotatable bonds is 4. The van der Waals surface area contributed by atoms with Crippen molar-refractivity contribution in [3.8, 4) is 11.4 Å². The predicted molar refractivity (Wildman–Crippen MR) is 125 cm³/mol. The molecule has 4 heterocycles. The number of aromatic amines is 1. The summed E-state index contributed by atoms with van der Waals surface area (Å²) in [6.45, 7) is 1.77. The minimum absolute atomic E-state index is 0.326. The lowest BCUT2D eigenvalue weighted by Gasteiger charge is -2.37. The van der Waals surface area contributed by atoms with Gasteiger partial charge in [-0.1, -0.05) is 0 Å². The normalized spacial score (nSPS) is 17.8. The van der Waals surface area contributed by atoms with Crippen LogP contribution in [-0.4, -0.2) is 68.5 Å². The van der Waals surface area contributed by atoms with Gasteiger partial charge in [0.2, 0.25) is 5.95 Å². The number of carbonyl (C=O) groups is 2. The standard InChI is InChI=1S/C23H20ClF2N7O2/c24-21(34)15-11-19(28-13-15)18-1-3-27-22(30-18)31-5-7-32(8-6-31)23(35)33-20(2-4-29-33)14-9-16(25)12-17(26)10-14/h1,3-4,9-13,20,28H,2,5-8H2. The number of benzene rings is 1. The van der Waals surface area contributed by atoms with Crippen LogP contribution in [0.4, 0.5) is 19.5 Å². The van der Waals surface area contributed by atoms with Crippen molar-refractivity contribution in [3.63, 3.8) is 0 Å². The molecule has 35 heavy (non-hydrogen) atoms. The Morgan fingerprint density at radius 3 is 2.49 bits per heavy atom. The topological polar surface area (TPSA) is 97.8 Å². The summed E-state index contributed by atoms with van der Waals surface area (Å²) in [6, 6.07) is 5.70. The zero-order valence-corrected chi connectivity index (χ0v) is 19.1. The number of nitrogens with zero attached hydrogens (tertiary/aromatic N) is 6. The summed E-state index contributed by atoms with van der Waals surface area (Å²) in [7, 11) is 0. The highest BCUT2D eigenvalue weighted by Crippen LogP contribution is 2.30. The third-order valence-electron chi connectivity index (χ3n) is 5.96. The summed E-state index contributed by atoms with van der Waals surface area (Å²) in [5.41, 5.74) is 1.95. The highest BCUT2D eigenvalue weighted by Gasteiger charge is 2.34. The fraction of sp³-hybridized carbons (Fsp3) is 0.261. The van der Waals surface area contributed by atoms with Crippen LogP contribution in [0.1, 0.15) is 28.4 Å². The number of hydrazone groups is 1. The number of carbonyl (C=O) groups excluding carboxylic acids is 2. The van der Waals surface area contributed by atoms with Gasteiger partial charge in [0.05, 0.1) is 23.0 Å². The van der Waals surface area contributed by atoms with Crippen LogP contribution in [0.2, 0.25) is 0 Å². The highest BCUT2D eigenvalue weighted by atomic mass is 35.5. The maximum atomic E-state index is 13.7. The molecule has 1 aromatic carbocycles. The van der Waals surface area contributed by atoms with Crippen molar-refractivity contribution in [3.05, 3.63) is 65.5 Å². The fourth-order valence-corrected chi connectivity index (χ4v) is 4.30. The molecular formula is C23H20ClF2N7O2. The van der Waals surface area contributed by atoms with E-state index in [1.807, 2.05) is 4.90 Å². The van der Waals surface area contributed by atoms with E-state index in [-0.39, 0.29) is 6.03 Å². The summed E-state index contributed by atoms with van der Waals surface area (Å²) < 4.78 is 27.4. The first-order valence-electron chi connectivity index (χ1n) is 10.9. The van der Waals surface area contributed by atoms with Crippen molar-refractivity contribution in [2.24, 2.45) is 5.10 Å². The second-order valence-electron chi connectivity index (χ2n) is 8.17. The quantitative estimate of drug-likeness (QED) is 0.551. The molecule has 2 aliphatic heterocycles. The lowest BCUT2D eigenvalue weighted by molar-refractivity contribution is 0.108. The van der Waals surface area contributed by atoms with Crippen LogP contribution in [0.5, 0.6) is 0 Å². The Hall–Kier alpha value is -3.86. The van der Waals surface area contributed by atoms with Gasteiger partial charge in [-0.25, -0.2) is 28.6 Å². The minimum atomic E-state index is -0.694. The van der Waals surface area contributed by atoms with Crippen LogP contribution in [0, 0.1) is 11.6 Å². The van der Waals surface area contributed by atoms with Gasteiger partial charge < -0.3 is 14.8 Å². The second-order valence-corrected chi connectivity index (χ2v) is 8.51. The molecule has 0 spiro atoms. The molecule has 2 aliphatic rings. The number of H-pyrrole nitrogens is 1. The SMILES string of the molecule is O=C(Cl)c1c[nH]c(-c2ccnc(N3CCN(C(=O)N4N=CCC4c4cc(F)cc(F)c4)CC3)n2)c1. The van der Waals surface area contributed by atoms with E-state index in [4.69, 9.17) is 11.6 Å². The molecule has 12 heteroatoms. The Morgan fingerprint density at radius 1 is 1.06 bits per heavy atom. The van der Waals surface area contributed by atoms with Crippen molar-refractivity contribution in [1.82, 2.24) is 24.9 Å². The van der Waals surface area contributed by atoms with Gasteiger partial charge in [-0.05, 0) is 41.4 Å². The van der Waals surface area contributed by atoms with Gasteiger partial charge in [0.15, 0.2) is 0 Å². The van der Waals surface area contributed by atoms with Crippen LogP contribution in [-0.2, 0) is 0 Å². The molecule has 1 unspecified atom stereocenters. The Morgan fingerprint density at radius 2 is 1.80 bits per heavy atom. The van der Waals surface area contributed by atoms with E-state index >= 15 is 0 Å². The lowest BCUT2D eigenvalue weighted by atomic mass is 10.0. The molecule has 3 aromatic rings. The van der Waals surface area contributed by atoms with Crippen LogP contribution in [0.25, 0.3) is 11.4 Å². The largest absolute Gasteiger partial charge is 0.359 e. The van der Waals surface area contributed by atoms with Gasteiger partial charge in [-0.3, -0.25) is 4.79 Å². The third-order valence-corrected chi connectivity index (χ3v) is 6.18. The smallest absolute Gasteiger partial charge is 0.341 e. The lowest BCUT2D eigenvalue weighted by Crippen LogP contribution is -2.52. The van der Waals surface area contributed by atoms with Gasteiger partial charge in [-0.2, -0.15) is 5.10 Å². The maximum Gasteiger partial charge on any atom is 0.341 e. The molecular weight excluding hydrogens is 480 g/mol. The molecule has 0 radical (unpaired) electrons. The third kappa shape index (κ3) is 4.72. The summed E-state index contributed by atoms with van der Waals surface area (Å²) in [5, 5.41) is 4.88. The summed E-state index contributed by atoms with van der Waals surface area (Å²) in [5.74, 6) is -0.893. The summed E-state index contributed by atoms with van der Waals surface area (Å²) in [6.07, 6.45) is 5.10. The molecule has 180 valence electrons. The molecule has 2 amide bonds. The van der Waals surface area contributed by atoms with E-state index in [1.54, 1.807) is 29.4 Å². The highest BCUT2D eigenvalue weighted by molar-refractivity contribution is 6.67. The van der Waals surface area contributed by atoms with Crippen molar-refractivity contribution >= 4 is 35.0 Å². The number of hydrogen-bond donors (Lipinski definition) is 1. The number of anilines is 1. The van der Waals surface area contributed by atoms with Gasteiger partial charge in [0.25, 0.3) is 5.24 Å². The molecule has 2 aromatic heterocycles. The Balaban J connectivity index is 1.25. The maximum absolute atomic E-state index is 13.7. The summed E-state index contributed by atoms with van der Waals surface area (Å²) >= 11 is 5.52. The fourth-order valence-electron chi connectivity index (χ4n) is 4.19. The number of halogens is 3. The predicted octanol–water partition coefficient (Wildman–Crippen LogP) is 3.80. The van der Waals surface area contributed by atoms with Crippen molar-refractivity contribution < 1.29 is 18.4 Å². The van der Waals surface area contributed by atoms with Crippen LogP contribution in [0.3, 0.4) is 0 Å². The van der Waals surface area contributed by atoms with E-state index in [0.29, 0.717) is 61.1 Å². The first-order chi connectivity index (χ1) is 16.9. The molecule has 0 saturated carbocycles. The number of nitrogens with one attached hydrogen (secondary N) is 1. The molecule has 0 aliphatic carbocycles. The Labute approximate surface area is 204 Å². The minimum Gasteiger partial charge on any atom is -0.359 e. The van der Waals surface area contributed by atoms with E-state index in [1.165, 1.54) is 23.3 Å². The van der Waals surface area contributed by atoms with Gasteiger partial charge in [0, 0.05) is 57.3 Å². The summed E-state index contributed by atoms with van der Waals surface area (Å²) in [4.78, 5) is 40.0. The van der Waals surface area contributed by atoms with E-state index in [0.717, 1.165) is 6.07 Å². The van der Waals surface area contributed by atoms with Crippen LogP contribution in [0.15, 0.2) is 47.8 Å². The molecule has 5 rings (SSSR count). The van der Waals surface area contributed by atoms with E-state index in [9.17, 15) is 18.4 Å². The average Bonchev–Trinajstić information content (AvgIpc) is 3.54. The van der Waals surface area contributed by atoms with Crippen LogP contribution < -0.4 is 4.90 Å². The van der Waals surface area contributed by atoms with Gasteiger partial charge in [0.1, 0.15) is 11.6 Å². The molecule has 1 atom stereocenters. The number of piperazine rings is 1. The zero-order chi connectivity index (χ0) is 24.5. The first-order valence-corrected chi connectivity index (χ1v) is 11.3. The number of aromatic nitrogens is 3. The van der Waals surface area contributed by atoms with Crippen molar-refractivity contribution in [1.29, 1.82) is 0 Å². The molecule has 1 saturated heterocycles. The Bertz CT molecular complexity index is 1290. The van der Waals surface area contributed by atoms with Gasteiger partial charge in [-0.15, -0.1) is 0 Å². The molecule has 0 bridgehead atoms. The molecule has 1 fully saturated rings. The monoisotopic (exact) mass is 499 g/mol. The van der Waals surface area contributed by atoms with Crippen molar-refractivity contribution in [2.45, 2.75) is 12.5 Å². The number of hydrogen-bond acceptors (Lipinski definition) is 6. The van der Waals surface area contributed by atoms with Gasteiger partial charge >= 0.3 is 6.03 Å². The average molecular weight is 500 g/mol. The first kappa shape index (κ1) is 22.9. The molecule has 9 nitrogen and oxygen atoms in total. The second kappa shape index (κ2) is 9.41. The number of amides is 2.